The molecule has 0 saturated carbocycles. The number of ether oxygens (including phenoxy) is 1. The molecule has 1 heterocycles. The lowest BCUT2D eigenvalue weighted by atomic mass is 10.2. The molecule has 0 radical (unpaired) electrons. The van der Waals surface area contributed by atoms with Gasteiger partial charge in [-0.25, -0.2) is 4.98 Å². The van der Waals surface area contributed by atoms with Gasteiger partial charge in [0.2, 0.25) is 0 Å². The molecule has 1 aromatic rings. The van der Waals surface area contributed by atoms with Gasteiger partial charge in [0, 0.05) is 19.3 Å². The number of hydrogen-bond donors (Lipinski definition) is 0. The summed E-state index contributed by atoms with van der Waals surface area (Å²) in [6.45, 7) is 5.53. The van der Waals surface area contributed by atoms with E-state index in [4.69, 9.17) is 0 Å². The number of carbonyl (C=O) groups excluding carboxylic acids is 1. The van der Waals surface area contributed by atoms with Gasteiger partial charge in [-0.15, -0.1) is 0 Å². The summed E-state index contributed by atoms with van der Waals surface area (Å²) in [4.78, 5) is 17.5. The van der Waals surface area contributed by atoms with Crippen molar-refractivity contribution in [2.75, 3.05) is 25.1 Å². The summed E-state index contributed by atoms with van der Waals surface area (Å²) in [5, 5.41) is 0. The van der Waals surface area contributed by atoms with E-state index < -0.39 is 0 Å². The van der Waals surface area contributed by atoms with E-state index in [1.807, 2.05) is 26.0 Å². The predicted octanol–water partition coefficient (Wildman–Crippen LogP) is 1.78. The van der Waals surface area contributed by atoms with Crippen molar-refractivity contribution >= 4 is 11.8 Å². The van der Waals surface area contributed by atoms with E-state index in [0.717, 1.165) is 17.9 Å². The normalized spacial score (nSPS) is 9.94. The highest BCUT2D eigenvalue weighted by atomic mass is 16.5. The van der Waals surface area contributed by atoms with Gasteiger partial charge in [-0.1, -0.05) is 6.07 Å². The van der Waals surface area contributed by atoms with Crippen molar-refractivity contribution < 1.29 is 9.53 Å². The van der Waals surface area contributed by atoms with Gasteiger partial charge < -0.3 is 9.64 Å². The molecular weight excluding hydrogens is 204 g/mol. The summed E-state index contributed by atoms with van der Waals surface area (Å²) in [6.07, 6.45) is 2.16. The van der Waals surface area contributed by atoms with E-state index in [1.54, 1.807) is 6.20 Å². The first-order valence-corrected chi connectivity index (χ1v) is 5.42. The molecule has 0 aliphatic rings. The van der Waals surface area contributed by atoms with Gasteiger partial charge in [0.05, 0.1) is 13.5 Å². The van der Waals surface area contributed by atoms with Crippen LogP contribution in [-0.2, 0) is 9.53 Å². The average Bonchev–Trinajstić information content (AvgIpc) is 2.31. The zero-order valence-electron chi connectivity index (χ0n) is 10.1. The van der Waals surface area contributed by atoms with E-state index in [1.165, 1.54) is 7.11 Å². The number of hydrogen-bond acceptors (Lipinski definition) is 4. The lowest BCUT2D eigenvalue weighted by Crippen LogP contribution is -2.27. The van der Waals surface area contributed by atoms with Crippen LogP contribution >= 0.6 is 0 Å². The highest BCUT2D eigenvalue weighted by molar-refractivity contribution is 5.70. The minimum atomic E-state index is -0.188. The summed E-state index contributed by atoms with van der Waals surface area (Å²) < 4.78 is 4.63. The Morgan fingerprint density at radius 1 is 1.56 bits per heavy atom. The van der Waals surface area contributed by atoms with E-state index >= 15 is 0 Å². The van der Waals surface area contributed by atoms with E-state index in [2.05, 4.69) is 14.6 Å². The van der Waals surface area contributed by atoms with Crippen LogP contribution in [-0.4, -0.2) is 31.2 Å². The first kappa shape index (κ1) is 12.5. The summed E-state index contributed by atoms with van der Waals surface area (Å²) in [6, 6.07) is 3.93. The highest BCUT2D eigenvalue weighted by Gasteiger charge is 2.10. The Hall–Kier alpha value is -1.58. The minimum Gasteiger partial charge on any atom is -0.469 e. The molecule has 0 saturated heterocycles. The fourth-order valence-corrected chi connectivity index (χ4v) is 1.55. The molecule has 0 spiro atoms. The summed E-state index contributed by atoms with van der Waals surface area (Å²) in [5.74, 6) is 0.751. The van der Waals surface area contributed by atoms with Gasteiger partial charge in [-0.05, 0) is 25.5 Å². The quantitative estimate of drug-likeness (QED) is 0.712. The van der Waals surface area contributed by atoms with Crippen LogP contribution in [0, 0.1) is 6.92 Å². The maximum Gasteiger partial charge on any atom is 0.307 e. The number of aryl methyl sites for hydroxylation is 1. The predicted molar refractivity (Wildman–Crippen MR) is 63.5 cm³/mol. The number of nitrogens with zero attached hydrogens (tertiary/aromatic N) is 2. The summed E-state index contributed by atoms with van der Waals surface area (Å²) in [7, 11) is 1.41. The van der Waals surface area contributed by atoms with Crippen molar-refractivity contribution in [1.82, 2.24) is 4.98 Å². The smallest absolute Gasteiger partial charge is 0.307 e. The SMILES string of the molecule is CCN(CCC(=O)OC)c1ncccc1C. The molecule has 0 aromatic carbocycles. The number of esters is 1. The fraction of sp³-hybridized carbons (Fsp3) is 0.500. The number of aromatic nitrogens is 1. The molecule has 0 bridgehead atoms. The van der Waals surface area contributed by atoms with Crippen LogP contribution in [0.4, 0.5) is 5.82 Å². The molecule has 88 valence electrons. The molecule has 1 aromatic heterocycles. The van der Waals surface area contributed by atoms with Crippen molar-refractivity contribution in [3.05, 3.63) is 23.9 Å². The monoisotopic (exact) mass is 222 g/mol. The Bertz CT molecular complexity index is 353. The highest BCUT2D eigenvalue weighted by Crippen LogP contribution is 2.15. The van der Waals surface area contributed by atoms with Crippen molar-refractivity contribution in [1.29, 1.82) is 0 Å². The number of methoxy groups -OCH3 is 1. The van der Waals surface area contributed by atoms with Crippen LogP contribution in [0.3, 0.4) is 0 Å². The summed E-state index contributed by atoms with van der Waals surface area (Å²) >= 11 is 0. The Labute approximate surface area is 96.2 Å². The fourth-order valence-electron chi connectivity index (χ4n) is 1.55. The maximum atomic E-state index is 11.1. The average molecular weight is 222 g/mol. The largest absolute Gasteiger partial charge is 0.469 e. The number of carbonyl (C=O) groups is 1. The number of pyridine rings is 1. The first-order chi connectivity index (χ1) is 7.69. The summed E-state index contributed by atoms with van der Waals surface area (Å²) in [5.41, 5.74) is 1.12. The number of rotatable bonds is 5. The Kier molecular flexibility index (Phi) is 4.76. The van der Waals surface area contributed by atoms with Crippen LogP contribution in [0.15, 0.2) is 18.3 Å². The van der Waals surface area contributed by atoms with Gasteiger partial charge in [0.1, 0.15) is 5.82 Å². The van der Waals surface area contributed by atoms with Crippen molar-refractivity contribution in [3.63, 3.8) is 0 Å². The van der Waals surface area contributed by atoms with Crippen LogP contribution < -0.4 is 4.90 Å². The minimum absolute atomic E-state index is 0.188. The molecule has 0 unspecified atom stereocenters. The van der Waals surface area contributed by atoms with Crippen molar-refractivity contribution in [2.24, 2.45) is 0 Å². The van der Waals surface area contributed by atoms with Gasteiger partial charge in [-0.2, -0.15) is 0 Å². The van der Waals surface area contributed by atoms with Gasteiger partial charge in [-0.3, -0.25) is 4.79 Å². The van der Waals surface area contributed by atoms with E-state index in [0.29, 0.717) is 13.0 Å². The van der Waals surface area contributed by atoms with Crippen LogP contribution in [0.1, 0.15) is 18.9 Å². The Balaban J connectivity index is 2.68. The van der Waals surface area contributed by atoms with Crippen LogP contribution in [0.25, 0.3) is 0 Å². The third-order valence-corrected chi connectivity index (χ3v) is 2.48. The van der Waals surface area contributed by atoms with E-state index in [-0.39, 0.29) is 5.97 Å². The lowest BCUT2D eigenvalue weighted by Gasteiger charge is -2.22. The van der Waals surface area contributed by atoms with Crippen LogP contribution in [0.2, 0.25) is 0 Å². The Morgan fingerprint density at radius 3 is 2.88 bits per heavy atom. The zero-order valence-corrected chi connectivity index (χ0v) is 10.1. The second-order valence-electron chi connectivity index (χ2n) is 3.55. The molecule has 1 rings (SSSR count). The van der Waals surface area contributed by atoms with Crippen LogP contribution in [0.5, 0.6) is 0 Å². The molecule has 4 nitrogen and oxygen atoms in total. The second kappa shape index (κ2) is 6.10. The Morgan fingerprint density at radius 2 is 2.31 bits per heavy atom. The molecule has 0 N–H and O–H groups in total. The van der Waals surface area contributed by atoms with Crippen molar-refractivity contribution in [3.8, 4) is 0 Å². The second-order valence-corrected chi connectivity index (χ2v) is 3.55. The molecule has 0 atom stereocenters. The standard InChI is InChI=1S/C12H18N2O2/c1-4-14(9-7-11(15)16-3)12-10(2)6-5-8-13-12/h5-6,8H,4,7,9H2,1-3H3. The third-order valence-electron chi connectivity index (χ3n) is 2.48. The number of anilines is 1. The maximum absolute atomic E-state index is 11.1. The zero-order chi connectivity index (χ0) is 12.0. The van der Waals surface area contributed by atoms with Gasteiger partial charge in [0.25, 0.3) is 0 Å². The molecule has 16 heavy (non-hydrogen) atoms. The molecule has 4 heteroatoms. The molecule has 0 amide bonds. The van der Waals surface area contributed by atoms with Gasteiger partial charge in [0.15, 0.2) is 0 Å². The molecule has 0 aliphatic heterocycles. The molecule has 0 aliphatic carbocycles. The first-order valence-electron chi connectivity index (χ1n) is 5.42. The molecular formula is C12H18N2O2. The lowest BCUT2D eigenvalue weighted by molar-refractivity contribution is -0.140. The third kappa shape index (κ3) is 3.22. The van der Waals surface area contributed by atoms with E-state index in [9.17, 15) is 4.79 Å². The molecule has 0 fully saturated rings. The van der Waals surface area contributed by atoms with Crippen molar-refractivity contribution in [2.45, 2.75) is 20.3 Å². The van der Waals surface area contributed by atoms with Gasteiger partial charge >= 0.3 is 5.97 Å². The topological polar surface area (TPSA) is 42.4 Å².